The van der Waals surface area contributed by atoms with Gasteiger partial charge in [0, 0.05) is 44.2 Å². The summed E-state index contributed by atoms with van der Waals surface area (Å²) in [5.74, 6) is 2.12. The summed E-state index contributed by atoms with van der Waals surface area (Å²) in [6.45, 7) is 2.02. The molecule has 0 aromatic heterocycles. The van der Waals surface area contributed by atoms with Crippen molar-refractivity contribution in [1.29, 1.82) is 0 Å². The fourth-order valence-electron chi connectivity index (χ4n) is 1.75. The van der Waals surface area contributed by atoms with E-state index in [4.69, 9.17) is 0 Å². The SMILES string of the molecule is Sc1ccccc1SCCNCCSc1ccccc1S. The molecule has 0 amide bonds. The lowest BCUT2D eigenvalue weighted by Crippen LogP contribution is -2.20. The van der Waals surface area contributed by atoms with E-state index >= 15 is 0 Å². The van der Waals surface area contributed by atoms with E-state index in [0.717, 1.165) is 34.4 Å². The summed E-state index contributed by atoms with van der Waals surface area (Å²) in [6, 6.07) is 16.4. The van der Waals surface area contributed by atoms with Gasteiger partial charge in [-0.2, -0.15) is 0 Å². The summed E-state index contributed by atoms with van der Waals surface area (Å²) in [5, 5.41) is 3.47. The highest BCUT2D eigenvalue weighted by atomic mass is 32.2. The molecule has 2 aromatic rings. The van der Waals surface area contributed by atoms with Gasteiger partial charge in [0.1, 0.15) is 0 Å². The van der Waals surface area contributed by atoms with Crippen molar-refractivity contribution < 1.29 is 0 Å². The van der Waals surface area contributed by atoms with Crippen LogP contribution in [0.1, 0.15) is 0 Å². The van der Waals surface area contributed by atoms with Crippen molar-refractivity contribution in [2.75, 3.05) is 24.6 Å². The predicted octanol–water partition coefficient (Wildman–Crippen LogP) is 4.74. The van der Waals surface area contributed by atoms with E-state index in [2.05, 4.69) is 54.8 Å². The molecule has 1 nitrogen and oxygen atoms in total. The van der Waals surface area contributed by atoms with Crippen LogP contribution in [0.25, 0.3) is 0 Å². The molecule has 0 bridgehead atoms. The summed E-state index contributed by atoms with van der Waals surface area (Å²) in [6.07, 6.45) is 0. The second-order valence-corrected chi connectivity index (χ2v) is 7.62. The molecule has 0 aliphatic heterocycles. The number of thiol groups is 2. The molecule has 2 aromatic carbocycles. The number of rotatable bonds is 8. The number of hydrogen-bond donors (Lipinski definition) is 3. The van der Waals surface area contributed by atoms with Crippen molar-refractivity contribution in [2.45, 2.75) is 19.6 Å². The van der Waals surface area contributed by atoms with Crippen LogP contribution in [-0.4, -0.2) is 24.6 Å². The third-order valence-corrected chi connectivity index (χ3v) is 6.04. The molecule has 5 heteroatoms. The summed E-state index contributed by atoms with van der Waals surface area (Å²) >= 11 is 12.6. The van der Waals surface area contributed by atoms with Crippen LogP contribution in [0.2, 0.25) is 0 Å². The second kappa shape index (κ2) is 9.74. The minimum absolute atomic E-state index is 1.01. The lowest BCUT2D eigenvalue weighted by molar-refractivity contribution is 0.774. The van der Waals surface area contributed by atoms with Gasteiger partial charge in [0.2, 0.25) is 0 Å². The van der Waals surface area contributed by atoms with Gasteiger partial charge in [0.15, 0.2) is 0 Å². The zero-order valence-corrected chi connectivity index (χ0v) is 15.1. The van der Waals surface area contributed by atoms with Crippen molar-refractivity contribution in [2.24, 2.45) is 0 Å². The molecule has 0 aliphatic rings. The van der Waals surface area contributed by atoms with E-state index in [1.165, 1.54) is 9.79 Å². The Kier molecular flexibility index (Phi) is 7.96. The van der Waals surface area contributed by atoms with E-state index in [1.807, 2.05) is 47.8 Å². The Morgan fingerprint density at radius 2 is 1.14 bits per heavy atom. The van der Waals surface area contributed by atoms with Gasteiger partial charge in [0.25, 0.3) is 0 Å². The molecule has 112 valence electrons. The maximum absolute atomic E-state index is 4.45. The van der Waals surface area contributed by atoms with E-state index in [-0.39, 0.29) is 0 Å². The lowest BCUT2D eigenvalue weighted by Gasteiger charge is -2.07. The van der Waals surface area contributed by atoms with Crippen molar-refractivity contribution in [1.82, 2.24) is 5.32 Å². The number of nitrogens with one attached hydrogen (secondary N) is 1. The predicted molar refractivity (Wildman–Crippen MR) is 102 cm³/mol. The Balaban J connectivity index is 1.57. The summed E-state index contributed by atoms with van der Waals surface area (Å²) in [7, 11) is 0. The Morgan fingerprint density at radius 1 is 0.714 bits per heavy atom. The molecule has 2 rings (SSSR count). The standard InChI is InChI=1S/C16H19NS4/c18-13-5-1-3-7-15(13)20-11-9-17-10-12-21-16-8-4-2-6-14(16)19/h1-8,17-19H,9-12H2. The van der Waals surface area contributed by atoms with E-state index in [9.17, 15) is 0 Å². The minimum Gasteiger partial charge on any atom is -0.315 e. The quantitative estimate of drug-likeness (QED) is 0.360. The van der Waals surface area contributed by atoms with Crippen LogP contribution in [0.5, 0.6) is 0 Å². The first kappa shape index (κ1) is 17.2. The van der Waals surface area contributed by atoms with Crippen LogP contribution in [0.15, 0.2) is 68.1 Å². The van der Waals surface area contributed by atoms with Gasteiger partial charge in [-0.15, -0.1) is 48.8 Å². The van der Waals surface area contributed by atoms with Crippen molar-refractivity contribution >= 4 is 48.8 Å². The normalized spacial score (nSPS) is 10.8. The topological polar surface area (TPSA) is 12.0 Å². The second-order valence-electron chi connectivity index (χ2n) is 4.38. The molecule has 0 radical (unpaired) electrons. The highest BCUT2D eigenvalue weighted by Crippen LogP contribution is 2.25. The van der Waals surface area contributed by atoms with Crippen molar-refractivity contribution in [3.8, 4) is 0 Å². The molecule has 0 atom stereocenters. The monoisotopic (exact) mass is 353 g/mol. The van der Waals surface area contributed by atoms with Crippen LogP contribution in [0.4, 0.5) is 0 Å². The number of hydrogen-bond acceptors (Lipinski definition) is 5. The highest BCUT2D eigenvalue weighted by molar-refractivity contribution is 8.00. The molecule has 1 N–H and O–H groups in total. The molecular weight excluding hydrogens is 334 g/mol. The average molecular weight is 354 g/mol. The van der Waals surface area contributed by atoms with Crippen LogP contribution < -0.4 is 5.32 Å². The van der Waals surface area contributed by atoms with Gasteiger partial charge in [-0.3, -0.25) is 0 Å². The Morgan fingerprint density at radius 3 is 1.57 bits per heavy atom. The Labute approximate surface area is 146 Å². The molecule has 0 heterocycles. The maximum Gasteiger partial charge on any atom is 0.0206 e. The van der Waals surface area contributed by atoms with Crippen LogP contribution in [-0.2, 0) is 0 Å². The molecule has 0 unspecified atom stereocenters. The van der Waals surface area contributed by atoms with Gasteiger partial charge in [0.05, 0.1) is 0 Å². The van der Waals surface area contributed by atoms with Gasteiger partial charge >= 0.3 is 0 Å². The van der Waals surface area contributed by atoms with Crippen molar-refractivity contribution in [3.05, 3.63) is 48.5 Å². The Hall–Kier alpha value is -0.200. The number of benzene rings is 2. The van der Waals surface area contributed by atoms with Gasteiger partial charge in [-0.25, -0.2) is 0 Å². The molecule has 0 saturated carbocycles. The van der Waals surface area contributed by atoms with E-state index < -0.39 is 0 Å². The van der Waals surface area contributed by atoms with Crippen molar-refractivity contribution in [3.63, 3.8) is 0 Å². The Bertz CT molecular complexity index is 510. The average Bonchev–Trinajstić information content (AvgIpc) is 2.50. The number of thioether (sulfide) groups is 2. The molecular formula is C16H19NS4. The highest BCUT2D eigenvalue weighted by Gasteiger charge is 1.99. The first-order valence-corrected chi connectivity index (χ1v) is 9.66. The van der Waals surface area contributed by atoms with Gasteiger partial charge in [-0.05, 0) is 24.3 Å². The summed E-state index contributed by atoms with van der Waals surface area (Å²) < 4.78 is 0. The van der Waals surface area contributed by atoms with Crippen LogP contribution in [0.3, 0.4) is 0 Å². The van der Waals surface area contributed by atoms with E-state index in [1.54, 1.807) is 0 Å². The zero-order valence-electron chi connectivity index (χ0n) is 11.7. The summed E-state index contributed by atoms with van der Waals surface area (Å²) in [5.41, 5.74) is 0. The van der Waals surface area contributed by atoms with E-state index in [0.29, 0.717) is 0 Å². The molecule has 0 saturated heterocycles. The fraction of sp³-hybridized carbons (Fsp3) is 0.250. The summed E-state index contributed by atoms with van der Waals surface area (Å²) in [4.78, 5) is 4.62. The largest absolute Gasteiger partial charge is 0.315 e. The van der Waals surface area contributed by atoms with Crippen LogP contribution >= 0.6 is 48.8 Å². The first-order valence-electron chi connectivity index (χ1n) is 6.79. The molecule has 0 fully saturated rings. The minimum atomic E-state index is 1.01. The molecule has 0 spiro atoms. The zero-order chi connectivity index (χ0) is 14.9. The lowest BCUT2D eigenvalue weighted by atomic mass is 10.4. The molecule has 0 aliphatic carbocycles. The molecule has 21 heavy (non-hydrogen) atoms. The smallest absolute Gasteiger partial charge is 0.0206 e. The van der Waals surface area contributed by atoms with Crippen LogP contribution in [0, 0.1) is 0 Å². The van der Waals surface area contributed by atoms with Gasteiger partial charge < -0.3 is 5.32 Å². The van der Waals surface area contributed by atoms with Gasteiger partial charge in [-0.1, -0.05) is 24.3 Å². The third kappa shape index (κ3) is 6.20. The first-order chi connectivity index (χ1) is 10.3. The third-order valence-electron chi connectivity index (χ3n) is 2.80. The fourth-order valence-corrected chi connectivity index (χ4v) is 4.17. The maximum atomic E-state index is 4.45.